The number of hydrogen-bond donors (Lipinski definition) is 1. The van der Waals surface area contributed by atoms with Gasteiger partial charge in [0.15, 0.2) is 6.29 Å². The summed E-state index contributed by atoms with van der Waals surface area (Å²) in [6.45, 7) is 5.07. The highest BCUT2D eigenvalue weighted by Crippen LogP contribution is 2.14. The lowest BCUT2D eigenvalue weighted by molar-refractivity contribution is -0.131. The van der Waals surface area contributed by atoms with Gasteiger partial charge in [0, 0.05) is 26.5 Å². The Hall–Kier alpha value is -1.60. The van der Waals surface area contributed by atoms with E-state index in [9.17, 15) is 4.79 Å². The number of carbonyl (C=O) groups excluding carboxylic acids is 1. The number of ether oxygens (including phenoxy) is 3. The van der Waals surface area contributed by atoms with Gasteiger partial charge >= 0.3 is 0 Å². The highest BCUT2D eigenvalue weighted by molar-refractivity contribution is 5.96. The molecule has 0 saturated heterocycles. The summed E-state index contributed by atoms with van der Waals surface area (Å²) in [6, 6.07) is 0. The van der Waals surface area contributed by atoms with Gasteiger partial charge in [0.1, 0.15) is 5.56 Å². The normalized spacial score (nSPS) is 10.8. The van der Waals surface area contributed by atoms with Gasteiger partial charge in [-0.15, -0.1) is 5.10 Å². The minimum atomic E-state index is -0.443. The molecule has 1 aromatic heterocycles. The summed E-state index contributed by atoms with van der Waals surface area (Å²) in [5.41, 5.74) is 0.386. The number of aryl methyl sites for hydroxylation is 1. The fraction of sp³-hybridized carbons (Fsp3) is 0.667. The number of carbonyl (C=O) groups is 1. The molecule has 108 valence electrons. The Balaban J connectivity index is 2.58. The molecule has 19 heavy (non-hydrogen) atoms. The Labute approximate surface area is 112 Å². The van der Waals surface area contributed by atoms with E-state index in [0.29, 0.717) is 24.7 Å². The van der Waals surface area contributed by atoms with E-state index in [1.807, 2.05) is 13.8 Å². The van der Waals surface area contributed by atoms with Gasteiger partial charge < -0.3 is 19.5 Å². The second-order valence-electron chi connectivity index (χ2n) is 3.78. The standard InChI is InChI=1S/C12H21N3O4/c1-5-18-10(19-6-2)7-13-11(16)9-8-15(3)14-12(9)17-4/h8,10H,5-7H2,1-4H3,(H,13,16). The quantitative estimate of drug-likeness (QED) is 0.699. The topological polar surface area (TPSA) is 74.6 Å². The Kier molecular flexibility index (Phi) is 6.31. The van der Waals surface area contributed by atoms with Crippen molar-refractivity contribution in [1.82, 2.24) is 15.1 Å². The van der Waals surface area contributed by atoms with Gasteiger partial charge in [-0.3, -0.25) is 9.48 Å². The number of amides is 1. The van der Waals surface area contributed by atoms with Gasteiger partial charge in [-0.05, 0) is 13.8 Å². The summed E-state index contributed by atoms with van der Waals surface area (Å²) < 4.78 is 17.2. The van der Waals surface area contributed by atoms with Gasteiger partial charge in [0.05, 0.1) is 13.7 Å². The van der Waals surface area contributed by atoms with Crippen molar-refractivity contribution in [2.75, 3.05) is 26.9 Å². The molecule has 0 fully saturated rings. The van der Waals surface area contributed by atoms with Crippen molar-refractivity contribution >= 4 is 5.91 Å². The second-order valence-corrected chi connectivity index (χ2v) is 3.78. The van der Waals surface area contributed by atoms with E-state index >= 15 is 0 Å². The largest absolute Gasteiger partial charge is 0.479 e. The maximum absolute atomic E-state index is 12.0. The zero-order chi connectivity index (χ0) is 14.3. The second kappa shape index (κ2) is 7.75. The number of nitrogens with zero attached hydrogens (tertiary/aromatic N) is 2. The van der Waals surface area contributed by atoms with Crippen LogP contribution in [0.15, 0.2) is 6.20 Å². The molecule has 0 bridgehead atoms. The van der Waals surface area contributed by atoms with Crippen LogP contribution < -0.4 is 10.1 Å². The number of rotatable bonds is 8. The first-order chi connectivity index (χ1) is 9.12. The summed E-state index contributed by atoms with van der Waals surface area (Å²) in [5.74, 6) is 0.0266. The number of hydrogen-bond acceptors (Lipinski definition) is 5. The molecule has 0 aliphatic rings. The van der Waals surface area contributed by atoms with E-state index in [4.69, 9.17) is 14.2 Å². The third kappa shape index (κ3) is 4.53. The highest BCUT2D eigenvalue weighted by Gasteiger charge is 2.17. The molecule has 7 nitrogen and oxygen atoms in total. The predicted molar refractivity (Wildman–Crippen MR) is 69.1 cm³/mol. The predicted octanol–water partition coefficient (Wildman–Crippen LogP) is 0.558. The summed E-state index contributed by atoms with van der Waals surface area (Å²) >= 11 is 0. The molecular weight excluding hydrogens is 250 g/mol. The summed E-state index contributed by atoms with van der Waals surface area (Å²) in [5, 5.41) is 6.76. The van der Waals surface area contributed by atoms with E-state index < -0.39 is 6.29 Å². The number of nitrogens with one attached hydrogen (secondary N) is 1. The molecular formula is C12H21N3O4. The molecule has 1 N–H and O–H groups in total. The van der Waals surface area contributed by atoms with Crippen LogP contribution in [0.5, 0.6) is 5.88 Å². The minimum absolute atomic E-state index is 0.269. The van der Waals surface area contributed by atoms with Crippen molar-refractivity contribution in [1.29, 1.82) is 0 Å². The maximum atomic E-state index is 12.0. The number of aromatic nitrogens is 2. The first-order valence-corrected chi connectivity index (χ1v) is 6.21. The Morgan fingerprint density at radius 2 is 2.05 bits per heavy atom. The Morgan fingerprint density at radius 1 is 1.42 bits per heavy atom. The molecule has 7 heteroatoms. The summed E-state index contributed by atoms with van der Waals surface area (Å²) in [6.07, 6.45) is 1.16. The zero-order valence-electron chi connectivity index (χ0n) is 11.8. The Bertz CT molecular complexity index is 400. The van der Waals surface area contributed by atoms with Gasteiger partial charge in [0.2, 0.25) is 5.88 Å². The fourth-order valence-corrected chi connectivity index (χ4v) is 1.58. The van der Waals surface area contributed by atoms with E-state index in [0.717, 1.165) is 0 Å². The van der Waals surface area contributed by atoms with Crippen molar-refractivity contribution in [2.45, 2.75) is 20.1 Å². The van der Waals surface area contributed by atoms with Gasteiger partial charge in [-0.1, -0.05) is 0 Å². The van der Waals surface area contributed by atoms with Crippen molar-refractivity contribution < 1.29 is 19.0 Å². The summed E-state index contributed by atoms with van der Waals surface area (Å²) in [4.78, 5) is 12.0. The molecule has 0 aliphatic carbocycles. The number of methoxy groups -OCH3 is 1. The Morgan fingerprint density at radius 3 is 2.58 bits per heavy atom. The van der Waals surface area contributed by atoms with Crippen molar-refractivity contribution in [3.05, 3.63) is 11.8 Å². The third-order valence-electron chi connectivity index (χ3n) is 2.37. The van der Waals surface area contributed by atoms with Crippen LogP contribution in [0.25, 0.3) is 0 Å². The van der Waals surface area contributed by atoms with E-state index in [1.165, 1.54) is 11.8 Å². The van der Waals surface area contributed by atoms with Gasteiger partial charge in [-0.25, -0.2) is 0 Å². The van der Waals surface area contributed by atoms with Crippen LogP contribution >= 0.6 is 0 Å². The lowest BCUT2D eigenvalue weighted by Crippen LogP contribution is -2.35. The fourth-order valence-electron chi connectivity index (χ4n) is 1.58. The van der Waals surface area contributed by atoms with E-state index in [2.05, 4.69) is 10.4 Å². The average Bonchev–Trinajstić information content (AvgIpc) is 2.77. The SMILES string of the molecule is CCOC(CNC(=O)c1cn(C)nc1OC)OCC. The van der Waals surface area contributed by atoms with Crippen LogP contribution in [0.4, 0.5) is 0 Å². The maximum Gasteiger partial charge on any atom is 0.258 e. The molecule has 0 atom stereocenters. The average molecular weight is 271 g/mol. The molecule has 0 saturated carbocycles. The van der Waals surface area contributed by atoms with Crippen molar-refractivity contribution in [2.24, 2.45) is 7.05 Å². The van der Waals surface area contributed by atoms with Crippen LogP contribution in [-0.2, 0) is 16.5 Å². The smallest absolute Gasteiger partial charge is 0.258 e. The molecule has 1 rings (SSSR count). The summed E-state index contributed by atoms with van der Waals surface area (Å²) in [7, 11) is 3.20. The van der Waals surface area contributed by atoms with Crippen LogP contribution in [0.1, 0.15) is 24.2 Å². The molecule has 1 amide bonds. The van der Waals surface area contributed by atoms with Crippen LogP contribution in [0.3, 0.4) is 0 Å². The lowest BCUT2D eigenvalue weighted by atomic mass is 10.3. The molecule has 1 aromatic rings. The van der Waals surface area contributed by atoms with Crippen molar-refractivity contribution in [3.8, 4) is 5.88 Å². The van der Waals surface area contributed by atoms with Gasteiger partial charge in [0.25, 0.3) is 5.91 Å². The van der Waals surface area contributed by atoms with Crippen LogP contribution in [0.2, 0.25) is 0 Å². The third-order valence-corrected chi connectivity index (χ3v) is 2.37. The van der Waals surface area contributed by atoms with Crippen LogP contribution in [0, 0.1) is 0 Å². The first-order valence-electron chi connectivity index (χ1n) is 6.21. The monoisotopic (exact) mass is 271 g/mol. The molecule has 1 heterocycles. The van der Waals surface area contributed by atoms with Crippen molar-refractivity contribution in [3.63, 3.8) is 0 Å². The molecule has 0 aromatic carbocycles. The van der Waals surface area contributed by atoms with Crippen LogP contribution in [-0.4, -0.2) is 48.8 Å². The molecule has 0 aliphatic heterocycles. The zero-order valence-corrected chi connectivity index (χ0v) is 11.8. The highest BCUT2D eigenvalue weighted by atomic mass is 16.7. The van der Waals surface area contributed by atoms with E-state index in [-0.39, 0.29) is 12.5 Å². The van der Waals surface area contributed by atoms with Gasteiger partial charge in [-0.2, -0.15) is 0 Å². The van der Waals surface area contributed by atoms with E-state index in [1.54, 1.807) is 13.2 Å². The first kappa shape index (κ1) is 15.5. The molecule has 0 spiro atoms. The molecule has 0 unspecified atom stereocenters. The minimum Gasteiger partial charge on any atom is -0.479 e. The molecule has 0 radical (unpaired) electrons. The lowest BCUT2D eigenvalue weighted by Gasteiger charge is -2.17.